The summed E-state index contributed by atoms with van der Waals surface area (Å²) >= 11 is 5.96. The number of aliphatic hydroxyl groups is 3. The van der Waals surface area contributed by atoms with Gasteiger partial charge in [-0.2, -0.15) is 0 Å². The van der Waals surface area contributed by atoms with Gasteiger partial charge in [-0.1, -0.05) is 72.0 Å². The first-order chi connectivity index (χ1) is 32.1. The molecule has 0 radical (unpaired) electrons. The zero-order valence-electron chi connectivity index (χ0n) is 40.6. The number of hydrogen-bond acceptors (Lipinski definition) is 16. The molecule has 4 bridgehead atoms. The number of fused-ring (bicyclic) bond motifs is 2. The third-order valence-corrected chi connectivity index (χ3v) is 14.1. The summed E-state index contributed by atoms with van der Waals surface area (Å²) in [6.45, 7) is 21.4. The van der Waals surface area contributed by atoms with Crippen molar-refractivity contribution in [1.29, 1.82) is 0 Å². The summed E-state index contributed by atoms with van der Waals surface area (Å²) in [5.74, 6) is -6.08. The van der Waals surface area contributed by atoms with E-state index < -0.39 is 82.7 Å². The van der Waals surface area contributed by atoms with Gasteiger partial charge >= 0.3 is 11.8 Å². The number of phenols is 1. The van der Waals surface area contributed by atoms with Crippen molar-refractivity contribution in [2.75, 3.05) is 50.1 Å². The summed E-state index contributed by atoms with van der Waals surface area (Å²) in [5, 5.41) is 49.7. The van der Waals surface area contributed by atoms with Crippen LogP contribution in [-0.4, -0.2) is 112 Å². The van der Waals surface area contributed by atoms with Crippen LogP contribution in [0.15, 0.2) is 57.5 Å². The fourth-order valence-corrected chi connectivity index (χ4v) is 10.0. The van der Waals surface area contributed by atoms with Crippen LogP contribution in [0.25, 0.3) is 38.7 Å². The second-order valence-electron chi connectivity index (χ2n) is 19.2. The van der Waals surface area contributed by atoms with Gasteiger partial charge in [-0.05, 0) is 31.9 Å². The van der Waals surface area contributed by atoms with Crippen molar-refractivity contribution in [3.8, 4) is 11.5 Å². The fraction of sp³-hybridized carbons (Fsp3) is 0.510. The highest BCUT2D eigenvalue weighted by atomic mass is 32.1. The number of hydrogen-bond donors (Lipinski definition) is 5. The van der Waals surface area contributed by atoms with Gasteiger partial charge in [-0.3, -0.25) is 19.3 Å². The van der Waals surface area contributed by atoms with E-state index in [4.69, 9.17) is 40.6 Å². The standard InChI is InChI=1S/C51H64N4O12S/c1-24(2)23-54-16-18-55(19-17-54)32-21-34-39(35(68)22-32)52-40-36-37-44(59)30(8)47-38(36)49(61)51(10,67-47)64-20-15-33(63-11)27(5)46(65-31(9)56)29(7)43(58)28(6)42(57)25(3)13-12-14-26(4)50(62)53-41(45(37)60)48(40)66-34/h12-15,20-22,24-25,27-29,33,42-43,46,57-59,61H,16-19,23H2,1-11H3,(H,53,62)/b13-12+,20-15+,26-14-/t25-,27+,28+,29+,33-,42-,43+,46+,51?/m0/s1. The maximum Gasteiger partial charge on any atom is 0.307 e. The van der Waals surface area contributed by atoms with Crippen LogP contribution in [-0.2, 0) is 23.8 Å². The van der Waals surface area contributed by atoms with Gasteiger partial charge < -0.3 is 54.0 Å². The molecule has 16 nitrogen and oxygen atoms in total. The highest BCUT2D eigenvalue weighted by molar-refractivity contribution is 7.71. The molecule has 1 aromatic heterocycles. The molecule has 3 aromatic carbocycles. The van der Waals surface area contributed by atoms with E-state index in [1.54, 1.807) is 52.8 Å². The molecule has 17 heteroatoms. The Balaban J connectivity index is 1.46. The van der Waals surface area contributed by atoms with E-state index in [9.17, 15) is 34.8 Å². The summed E-state index contributed by atoms with van der Waals surface area (Å²) in [6, 6.07) is 3.66. The molecule has 1 amide bonds. The molecule has 3 aliphatic heterocycles. The van der Waals surface area contributed by atoms with E-state index in [0.29, 0.717) is 10.4 Å². The maximum atomic E-state index is 14.9. The Bertz CT molecular complexity index is 2910. The number of carbonyl (C=O) groups excluding carboxylic acids is 2. The van der Waals surface area contributed by atoms with Crippen molar-refractivity contribution in [3.63, 3.8) is 0 Å². The third kappa shape index (κ3) is 9.42. The second-order valence-corrected chi connectivity index (χ2v) is 19.7. The highest BCUT2D eigenvalue weighted by Gasteiger charge is 2.44. The average molecular weight is 957 g/mol. The number of phenolic OH excluding ortho intramolecular Hbond substituents is 1. The van der Waals surface area contributed by atoms with E-state index in [0.717, 1.165) is 38.4 Å². The number of rotatable bonds is 5. The number of ether oxygens (including phenoxy) is 4. The van der Waals surface area contributed by atoms with Crippen molar-refractivity contribution in [2.24, 2.45) is 29.6 Å². The van der Waals surface area contributed by atoms with Crippen molar-refractivity contribution < 1.29 is 53.4 Å². The molecule has 1 fully saturated rings. The zero-order valence-corrected chi connectivity index (χ0v) is 41.4. The topological polar surface area (TPSA) is 214 Å². The smallest absolute Gasteiger partial charge is 0.307 e. The summed E-state index contributed by atoms with van der Waals surface area (Å²) in [6.07, 6.45) is 3.75. The minimum atomic E-state index is -1.94. The number of aromatic nitrogens is 1. The van der Waals surface area contributed by atoms with Gasteiger partial charge in [0.1, 0.15) is 34.3 Å². The molecule has 0 aliphatic carbocycles. The van der Waals surface area contributed by atoms with Crippen LogP contribution in [0.4, 0.5) is 11.4 Å². The van der Waals surface area contributed by atoms with E-state index in [1.165, 1.54) is 40.2 Å². The number of methoxy groups -OCH3 is 1. The normalized spacial score (nSPS) is 29.5. The lowest BCUT2D eigenvalue weighted by Crippen LogP contribution is -2.47. The molecule has 7 rings (SSSR count). The van der Waals surface area contributed by atoms with Crippen LogP contribution in [0.3, 0.4) is 0 Å². The molecule has 5 N–H and O–H groups in total. The number of allylic oxidation sites excluding steroid dienone is 2. The molecule has 0 saturated carbocycles. The molecular weight excluding hydrogens is 893 g/mol. The van der Waals surface area contributed by atoms with Crippen LogP contribution < -0.4 is 25.6 Å². The van der Waals surface area contributed by atoms with Crippen LogP contribution in [0.5, 0.6) is 11.5 Å². The molecule has 366 valence electrons. The molecule has 4 heterocycles. The predicted octanol–water partition coefficient (Wildman–Crippen LogP) is 6.71. The minimum absolute atomic E-state index is 0.000878. The SMILES string of the molecule is CO[C@H]1/C=C/OC2(C)Oc3c(C)c(O)c4c(=O)c(c5oc6cc(N7CCN(CC(C)C)CC7)cc(=S)c6nc5c4c3=C2O)NC(=O)/C(C)=C\C=C\[C@H](C)[C@H](O)[C@@H](C)[C@@H](O)[C@@H](C)[C@H](OC(C)=O)[C@@H]1C. The molecule has 68 heavy (non-hydrogen) atoms. The number of nitrogens with zero attached hydrogens (tertiary/aromatic N) is 3. The number of esters is 1. The molecule has 1 unspecified atom stereocenters. The minimum Gasteiger partial charge on any atom is -0.507 e. The first kappa shape index (κ1) is 50.3. The van der Waals surface area contributed by atoms with E-state index >= 15 is 0 Å². The van der Waals surface area contributed by atoms with E-state index in [1.807, 2.05) is 12.1 Å². The Kier molecular flexibility index (Phi) is 14.6. The number of anilines is 2. The largest absolute Gasteiger partial charge is 0.507 e. The van der Waals surface area contributed by atoms with Crippen molar-refractivity contribution in [2.45, 2.75) is 99.4 Å². The van der Waals surface area contributed by atoms with Crippen molar-refractivity contribution in [1.82, 2.24) is 9.88 Å². The number of aromatic hydroxyl groups is 1. The van der Waals surface area contributed by atoms with Gasteiger partial charge in [0.15, 0.2) is 16.9 Å². The van der Waals surface area contributed by atoms with Crippen molar-refractivity contribution in [3.05, 3.63) is 73.8 Å². The van der Waals surface area contributed by atoms with Crippen molar-refractivity contribution >= 4 is 74.2 Å². The molecule has 9 atom stereocenters. The zero-order chi connectivity index (χ0) is 49.7. The first-order valence-corrected chi connectivity index (χ1v) is 23.6. The highest BCUT2D eigenvalue weighted by Crippen LogP contribution is 2.43. The molecular formula is C51H64N4O12S. The number of benzene rings is 3. The monoisotopic (exact) mass is 956 g/mol. The van der Waals surface area contributed by atoms with Crippen LogP contribution in [0.2, 0.25) is 0 Å². The lowest BCUT2D eigenvalue weighted by Gasteiger charge is -2.38. The fourth-order valence-electron chi connectivity index (χ4n) is 9.76. The van der Waals surface area contributed by atoms with E-state index in [2.05, 4.69) is 29.0 Å². The number of piperazine rings is 1. The summed E-state index contributed by atoms with van der Waals surface area (Å²) < 4.78 is 31.1. The van der Waals surface area contributed by atoms with Gasteiger partial charge in [0.2, 0.25) is 5.43 Å². The van der Waals surface area contributed by atoms with Gasteiger partial charge in [-0.15, -0.1) is 0 Å². The Hall–Kier alpha value is -5.59. The molecule has 4 aromatic rings. The number of aliphatic hydroxyl groups excluding tert-OH is 3. The van der Waals surface area contributed by atoms with Gasteiger partial charge in [0, 0.05) is 106 Å². The second kappa shape index (κ2) is 19.8. The molecule has 3 aliphatic rings. The Morgan fingerprint density at radius 1 is 0.985 bits per heavy atom. The van der Waals surface area contributed by atoms with Gasteiger partial charge in [0.25, 0.3) is 5.91 Å². The molecule has 1 saturated heterocycles. The Labute approximate surface area is 400 Å². The van der Waals surface area contributed by atoms with Gasteiger partial charge in [0.05, 0.1) is 39.7 Å². The summed E-state index contributed by atoms with van der Waals surface area (Å²) in [7, 11) is 1.46. The van der Waals surface area contributed by atoms with Crippen LogP contribution >= 0.6 is 12.2 Å². The van der Waals surface area contributed by atoms with Gasteiger partial charge in [-0.25, -0.2) is 4.98 Å². The molecule has 0 spiro atoms. The lowest BCUT2D eigenvalue weighted by atomic mass is 9.78. The summed E-state index contributed by atoms with van der Waals surface area (Å²) in [5.41, 5.74) is 0.336. The summed E-state index contributed by atoms with van der Waals surface area (Å²) in [4.78, 5) is 51.1. The van der Waals surface area contributed by atoms with E-state index in [-0.39, 0.29) is 60.8 Å². The quantitative estimate of drug-likeness (QED) is 0.0609. The maximum absolute atomic E-state index is 14.9. The first-order valence-electron chi connectivity index (χ1n) is 23.2. The van der Waals surface area contributed by atoms with Crippen LogP contribution in [0.1, 0.15) is 67.9 Å². The third-order valence-electron chi connectivity index (χ3n) is 13.8. The lowest BCUT2D eigenvalue weighted by molar-refractivity contribution is -0.160. The van der Waals surface area contributed by atoms with Crippen LogP contribution in [0, 0.1) is 41.0 Å². The number of amides is 1. The number of nitrogens with one attached hydrogen (secondary N) is 1. The average Bonchev–Trinajstić information content (AvgIpc) is 3.56. The predicted molar refractivity (Wildman–Crippen MR) is 263 cm³/mol. The Morgan fingerprint density at radius 3 is 2.32 bits per heavy atom. The number of carbonyl (C=O) groups is 2. The Morgan fingerprint density at radius 2 is 1.68 bits per heavy atom.